The maximum absolute atomic E-state index is 10.7. The van der Waals surface area contributed by atoms with E-state index in [1.807, 2.05) is 32.2 Å². The van der Waals surface area contributed by atoms with Crippen LogP contribution in [0.15, 0.2) is 24.5 Å². The fourth-order valence-electron chi connectivity index (χ4n) is 1.55. The van der Waals surface area contributed by atoms with Gasteiger partial charge in [0.15, 0.2) is 11.9 Å². The quantitative estimate of drug-likeness (QED) is 0.489. The van der Waals surface area contributed by atoms with E-state index in [1.165, 1.54) is 0 Å². The lowest BCUT2D eigenvalue weighted by molar-refractivity contribution is -0.157. The molecule has 0 aromatic carbocycles. The smallest absolute Gasteiger partial charge is 0.530 e. The van der Waals surface area contributed by atoms with Gasteiger partial charge >= 0.3 is 7.48 Å². The fourth-order valence-corrected chi connectivity index (χ4v) is 1.55. The number of fused-ring (bicyclic) bond motifs is 1. The second-order valence-corrected chi connectivity index (χ2v) is 5.89. The van der Waals surface area contributed by atoms with E-state index >= 15 is 0 Å². The molecule has 2 aromatic heterocycles. The molecule has 2 rings (SSSR count). The topological polar surface area (TPSA) is 67.4 Å². The summed E-state index contributed by atoms with van der Waals surface area (Å²) in [6, 6.07) is 3.73. The molecule has 105 valence electrons. The number of aldehydes is 1. The maximum atomic E-state index is 10.7. The van der Waals surface area contributed by atoms with Gasteiger partial charge in [-0.2, -0.15) is 0 Å². The average molecular weight is 274 g/mol. The van der Waals surface area contributed by atoms with Crippen molar-refractivity contribution in [3.63, 3.8) is 0 Å². The molecule has 5 nitrogen and oxygen atoms in total. The van der Waals surface area contributed by atoms with Crippen molar-refractivity contribution < 1.29 is 14.6 Å². The Morgan fingerprint density at radius 1 is 1.40 bits per heavy atom. The van der Waals surface area contributed by atoms with Crippen LogP contribution in [-0.4, -0.2) is 44.1 Å². The zero-order chi connectivity index (χ0) is 15.0. The number of hydrogen-bond donors (Lipinski definition) is 1. The van der Waals surface area contributed by atoms with E-state index in [0.717, 1.165) is 11.7 Å². The number of aromatic nitrogens is 2. The maximum Gasteiger partial charge on any atom is 0.625 e. The summed E-state index contributed by atoms with van der Waals surface area (Å²) >= 11 is 0. The molecule has 2 heterocycles. The van der Waals surface area contributed by atoms with Crippen LogP contribution in [0.4, 0.5) is 0 Å². The second kappa shape index (κ2) is 5.03. The monoisotopic (exact) mass is 274 g/mol. The molecule has 0 atom stereocenters. The van der Waals surface area contributed by atoms with Gasteiger partial charge in [0, 0.05) is 31.7 Å². The zero-order valence-corrected chi connectivity index (χ0v) is 12.2. The van der Waals surface area contributed by atoms with Crippen LogP contribution in [-0.2, 0) is 0 Å². The van der Waals surface area contributed by atoms with Crippen molar-refractivity contribution in [3.05, 3.63) is 30.2 Å². The van der Waals surface area contributed by atoms with E-state index in [2.05, 4.69) is 9.64 Å². The highest BCUT2D eigenvalue weighted by molar-refractivity contribution is 6.46. The van der Waals surface area contributed by atoms with Crippen LogP contribution in [0, 0.1) is 0 Å². The summed E-state index contributed by atoms with van der Waals surface area (Å²) in [4.78, 5) is 14.9. The fraction of sp³-hybridized carbons (Fsp3) is 0.429. The number of nitrogens with zero attached hydrogens (tertiary/aromatic N) is 2. The Morgan fingerprint density at radius 3 is 2.70 bits per heavy atom. The summed E-state index contributed by atoms with van der Waals surface area (Å²) in [6.45, 7) is 7.22. The van der Waals surface area contributed by atoms with Crippen LogP contribution in [0.1, 0.15) is 38.2 Å². The van der Waals surface area contributed by atoms with Crippen LogP contribution < -0.4 is 5.46 Å². The van der Waals surface area contributed by atoms with Gasteiger partial charge in [-0.25, -0.2) is 4.98 Å². The number of carbonyl (C=O) groups excluding carboxylic acids is 1. The summed E-state index contributed by atoms with van der Waals surface area (Å²) in [5.41, 5.74) is 0.458. The Balaban J connectivity index is 2.16. The predicted octanol–water partition coefficient (Wildman–Crippen LogP) is 0.469. The van der Waals surface area contributed by atoms with Gasteiger partial charge in [0.2, 0.25) is 0 Å². The molecule has 2 aromatic rings. The summed E-state index contributed by atoms with van der Waals surface area (Å²) in [5.74, 6) is 0. The van der Waals surface area contributed by atoms with Gasteiger partial charge in [-0.3, -0.25) is 4.79 Å². The Kier molecular flexibility index (Phi) is 3.71. The van der Waals surface area contributed by atoms with Gasteiger partial charge in [-0.1, -0.05) is 0 Å². The van der Waals surface area contributed by atoms with Crippen LogP contribution >= 0.6 is 0 Å². The van der Waals surface area contributed by atoms with E-state index < -0.39 is 11.2 Å². The summed E-state index contributed by atoms with van der Waals surface area (Å²) in [5, 5.41) is 10.1. The van der Waals surface area contributed by atoms with Crippen molar-refractivity contribution in [3.8, 4) is 0 Å². The lowest BCUT2D eigenvalue weighted by Crippen LogP contribution is -2.51. The second-order valence-electron chi connectivity index (χ2n) is 5.89. The number of aliphatic hydroxyl groups is 2. The lowest BCUT2D eigenvalue weighted by atomic mass is 9.83. The molecule has 20 heavy (non-hydrogen) atoms. The predicted molar refractivity (Wildman–Crippen MR) is 78.6 cm³/mol. The number of carbonyl (C=O) groups is 1. The lowest BCUT2D eigenvalue weighted by Gasteiger charge is -2.33. The minimum atomic E-state index is -0.911. The molecule has 2 N–H and O–H groups in total. The summed E-state index contributed by atoms with van der Waals surface area (Å²) in [7, 11) is 1.72. The molecule has 0 saturated heterocycles. The van der Waals surface area contributed by atoms with Gasteiger partial charge in [-0.05, 0) is 26.0 Å². The molecule has 0 bridgehead atoms. The van der Waals surface area contributed by atoms with E-state index in [-0.39, 0.29) is 0 Å². The average Bonchev–Trinajstić information content (AvgIpc) is 2.77. The number of pyridine rings is 1. The summed E-state index contributed by atoms with van der Waals surface area (Å²) < 4.78 is 6.23. The largest absolute Gasteiger partial charge is 0.625 e. The SMILES string of the molecule is CC(C)(O)C(C)(C)[OH+][B]c1ccn2cc(C=O)nc2c1. The number of imidazole rings is 1. The standard InChI is InChI=1S/C14H19BN2O3/c1-13(2,19)14(3,4)20-15-10-5-6-17-8-11(9-18)16-12(17)7-10/h5-9,19-20H,1-4H3/q+1. The van der Waals surface area contributed by atoms with Gasteiger partial charge in [0.05, 0.1) is 0 Å². The first-order chi connectivity index (χ1) is 9.23. The highest BCUT2D eigenvalue weighted by atomic mass is 16.5. The van der Waals surface area contributed by atoms with E-state index in [4.69, 9.17) is 0 Å². The molecule has 0 spiro atoms. The van der Waals surface area contributed by atoms with E-state index in [1.54, 1.807) is 31.9 Å². The molecule has 1 radical (unpaired) electrons. The summed E-state index contributed by atoms with van der Waals surface area (Å²) in [6.07, 6.45) is 4.22. The molecular formula is C14H19BN2O3+. The first-order valence-corrected chi connectivity index (χ1v) is 6.44. The van der Waals surface area contributed by atoms with Crippen molar-refractivity contribution >= 4 is 24.9 Å². The first-order valence-electron chi connectivity index (χ1n) is 6.44. The highest BCUT2D eigenvalue weighted by Gasteiger charge is 2.41. The number of hydrogen-bond acceptors (Lipinski definition) is 3. The third-order valence-corrected chi connectivity index (χ3v) is 3.66. The van der Waals surface area contributed by atoms with Gasteiger partial charge in [-0.15, -0.1) is 0 Å². The minimum absolute atomic E-state index is 0.399. The van der Waals surface area contributed by atoms with Gasteiger partial charge in [0.25, 0.3) is 0 Å². The molecular weight excluding hydrogens is 255 g/mol. The van der Waals surface area contributed by atoms with Crippen molar-refractivity contribution in [1.29, 1.82) is 0 Å². The minimum Gasteiger partial charge on any atom is -0.530 e. The third-order valence-electron chi connectivity index (χ3n) is 3.66. The first kappa shape index (κ1) is 14.7. The van der Waals surface area contributed by atoms with Crippen molar-refractivity contribution in [2.45, 2.75) is 38.9 Å². The molecule has 0 aliphatic carbocycles. The molecule has 6 heteroatoms. The van der Waals surface area contributed by atoms with Crippen molar-refractivity contribution in [2.75, 3.05) is 0 Å². The highest BCUT2D eigenvalue weighted by Crippen LogP contribution is 2.22. The van der Waals surface area contributed by atoms with Gasteiger partial charge in [0.1, 0.15) is 16.9 Å². The van der Waals surface area contributed by atoms with E-state index in [9.17, 15) is 9.90 Å². The van der Waals surface area contributed by atoms with E-state index in [0.29, 0.717) is 11.3 Å². The van der Waals surface area contributed by atoms with Crippen LogP contribution in [0.2, 0.25) is 0 Å². The van der Waals surface area contributed by atoms with Crippen LogP contribution in [0.5, 0.6) is 0 Å². The Labute approximate surface area is 118 Å². The van der Waals surface area contributed by atoms with Crippen molar-refractivity contribution in [2.24, 2.45) is 0 Å². The molecule has 0 aliphatic heterocycles. The van der Waals surface area contributed by atoms with Crippen LogP contribution in [0.3, 0.4) is 0 Å². The Bertz CT molecular complexity index is 629. The normalized spacial score (nSPS) is 12.7. The van der Waals surface area contributed by atoms with Crippen molar-refractivity contribution in [1.82, 2.24) is 9.38 Å². The molecule has 0 saturated carbocycles. The zero-order valence-electron chi connectivity index (χ0n) is 12.2. The molecule has 0 unspecified atom stereocenters. The Hall–Kier alpha value is -1.66. The molecule has 0 aliphatic rings. The molecule has 0 amide bonds. The Morgan fingerprint density at radius 2 is 2.10 bits per heavy atom. The third kappa shape index (κ3) is 2.91. The molecule has 0 fully saturated rings. The van der Waals surface area contributed by atoms with Crippen LogP contribution in [0.25, 0.3) is 5.65 Å². The number of rotatable bonds is 5. The van der Waals surface area contributed by atoms with Gasteiger partial charge < -0.3 is 14.2 Å².